The zero-order valence-corrected chi connectivity index (χ0v) is 11.0. The molecule has 5 N–H and O–H groups in total. The normalized spacial score (nSPS) is 11.7. The molecular weight excluding hydrogens is 290 g/mol. The third-order valence-electron chi connectivity index (χ3n) is 2.90. The van der Waals surface area contributed by atoms with Crippen molar-refractivity contribution in [2.75, 3.05) is 5.73 Å². The summed E-state index contributed by atoms with van der Waals surface area (Å²) in [6.45, 7) is 0. The SMILES string of the molecule is NN=C(c1ccc(C(=O)O)cc1)c1nc2nonc2nc1N. The second kappa shape index (κ2) is 5.09. The van der Waals surface area contributed by atoms with E-state index in [1.807, 2.05) is 0 Å². The lowest BCUT2D eigenvalue weighted by Crippen LogP contribution is -2.13. The first-order valence-electron chi connectivity index (χ1n) is 5.98. The summed E-state index contributed by atoms with van der Waals surface area (Å²) < 4.78 is 4.52. The summed E-state index contributed by atoms with van der Waals surface area (Å²) in [6.07, 6.45) is 0. The van der Waals surface area contributed by atoms with Crippen LogP contribution in [0.2, 0.25) is 0 Å². The molecule has 0 radical (unpaired) electrons. The van der Waals surface area contributed by atoms with Gasteiger partial charge in [0, 0.05) is 5.56 Å². The third-order valence-corrected chi connectivity index (χ3v) is 2.90. The van der Waals surface area contributed by atoms with Gasteiger partial charge in [-0.15, -0.1) is 0 Å². The van der Waals surface area contributed by atoms with E-state index in [9.17, 15) is 4.79 Å². The molecule has 0 bridgehead atoms. The van der Waals surface area contributed by atoms with Crippen LogP contribution < -0.4 is 11.6 Å². The molecule has 10 heteroatoms. The van der Waals surface area contributed by atoms with Crippen molar-refractivity contribution >= 4 is 28.8 Å². The van der Waals surface area contributed by atoms with Gasteiger partial charge < -0.3 is 16.7 Å². The van der Waals surface area contributed by atoms with E-state index in [2.05, 4.69) is 30.0 Å². The van der Waals surface area contributed by atoms with Gasteiger partial charge in [-0.1, -0.05) is 12.1 Å². The van der Waals surface area contributed by atoms with Crippen molar-refractivity contribution in [3.8, 4) is 0 Å². The van der Waals surface area contributed by atoms with E-state index in [0.29, 0.717) is 5.56 Å². The van der Waals surface area contributed by atoms with Gasteiger partial charge in [-0.25, -0.2) is 19.4 Å². The van der Waals surface area contributed by atoms with Crippen molar-refractivity contribution in [2.24, 2.45) is 10.9 Å². The molecule has 0 unspecified atom stereocenters. The molecule has 10 nitrogen and oxygen atoms in total. The van der Waals surface area contributed by atoms with Crippen LogP contribution in [0.1, 0.15) is 21.6 Å². The number of nitrogens with two attached hydrogens (primary N) is 2. The van der Waals surface area contributed by atoms with Crippen LogP contribution >= 0.6 is 0 Å². The Morgan fingerprint density at radius 2 is 1.68 bits per heavy atom. The fourth-order valence-electron chi connectivity index (χ4n) is 1.87. The molecule has 1 aromatic carbocycles. The van der Waals surface area contributed by atoms with E-state index in [0.717, 1.165) is 0 Å². The van der Waals surface area contributed by atoms with E-state index >= 15 is 0 Å². The number of hydrogen-bond donors (Lipinski definition) is 3. The monoisotopic (exact) mass is 299 g/mol. The predicted molar refractivity (Wildman–Crippen MR) is 75.0 cm³/mol. The maximum atomic E-state index is 10.9. The fraction of sp³-hybridized carbons (Fsp3) is 0. The molecule has 2 heterocycles. The van der Waals surface area contributed by atoms with Gasteiger partial charge in [0.05, 0.1) is 5.56 Å². The summed E-state index contributed by atoms with van der Waals surface area (Å²) in [6, 6.07) is 5.92. The predicted octanol–water partition coefficient (Wildman–Crippen LogP) is 0.00430. The Bertz CT molecular complexity index is 885. The highest BCUT2D eigenvalue weighted by molar-refractivity contribution is 6.14. The van der Waals surface area contributed by atoms with Gasteiger partial charge in [-0.05, 0) is 22.4 Å². The third kappa shape index (κ3) is 2.18. The minimum Gasteiger partial charge on any atom is -0.478 e. The maximum Gasteiger partial charge on any atom is 0.335 e. The topological polar surface area (TPSA) is 166 Å². The van der Waals surface area contributed by atoms with E-state index in [1.54, 1.807) is 12.1 Å². The largest absolute Gasteiger partial charge is 0.478 e. The van der Waals surface area contributed by atoms with Crippen molar-refractivity contribution in [2.45, 2.75) is 0 Å². The molecule has 0 amide bonds. The zero-order chi connectivity index (χ0) is 15.7. The van der Waals surface area contributed by atoms with E-state index in [4.69, 9.17) is 16.7 Å². The second-order valence-corrected chi connectivity index (χ2v) is 4.23. The van der Waals surface area contributed by atoms with Gasteiger partial charge in [0.25, 0.3) is 0 Å². The number of hydrazone groups is 1. The number of aromatic nitrogens is 4. The first-order valence-corrected chi connectivity index (χ1v) is 5.98. The number of anilines is 1. The number of fused-ring (bicyclic) bond motifs is 1. The second-order valence-electron chi connectivity index (χ2n) is 4.23. The van der Waals surface area contributed by atoms with Crippen LogP contribution in [-0.4, -0.2) is 37.1 Å². The lowest BCUT2D eigenvalue weighted by Gasteiger charge is -2.07. The molecule has 0 saturated heterocycles. The van der Waals surface area contributed by atoms with Gasteiger partial charge in [-0.3, -0.25) is 0 Å². The highest BCUT2D eigenvalue weighted by atomic mass is 16.6. The molecule has 0 saturated carbocycles. The van der Waals surface area contributed by atoms with E-state index in [-0.39, 0.29) is 34.1 Å². The van der Waals surface area contributed by atoms with Crippen LogP contribution in [0.15, 0.2) is 34.0 Å². The number of nitrogens with zero attached hydrogens (tertiary/aromatic N) is 5. The molecule has 3 rings (SSSR count). The molecule has 0 spiro atoms. The molecular formula is C12H9N7O3. The number of hydrogen-bond acceptors (Lipinski definition) is 9. The number of aromatic carboxylic acids is 1. The van der Waals surface area contributed by atoms with Crippen LogP contribution in [0.5, 0.6) is 0 Å². The average Bonchev–Trinajstić information content (AvgIpc) is 2.96. The molecule has 110 valence electrons. The number of benzene rings is 1. The number of nitrogen functional groups attached to an aromatic ring is 1. The minimum absolute atomic E-state index is 0.0507. The fourth-order valence-corrected chi connectivity index (χ4v) is 1.87. The number of carboxylic acids is 1. The molecule has 0 atom stereocenters. The van der Waals surface area contributed by atoms with Gasteiger partial charge >= 0.3 is 5.97 Å². The number of carbonyl (C=O) groups is 1. The summed E-state index contributed by atoms with van der Waals surface area (Å²) in [5.41, 5.74) is 7.26. The Kier molecular flexibility index (Phi) is 3.10. The Labute approximate surface area is 122 Å². The van der Waals surface area contributed by atoms with Crippen molar-refractivity contribution in [3.05, 3.63) is 41.1 Å². The average molecular weight is 299 g/mol. The molecule has 0 aliphatic rings. The Hall–Kier alpha value is -3.56. The lowest BCUT2D eigenvalue weighted by atomic mass is 10.0. The zero-order valence-electron chi connectivity index (χ0n) is 11.0. The Balaban J connectivity index is 2.09. The minimum atomic E-state index is -1.04. The van der Waals surface area contributed by atoms with Gasteiger partial charge in [0.1, 0.15) is 11.4 Å². The van der Waals surface area contributed by atoms with Crippen molar-refractivity contribution in [1.29, 1.82) is 0 Å². The standard InChI is InChI=1S/C12H9N7O3/c13-9-8(15-10-11(16-9)19-22-18-10)7(17-14)5-1-3-6(4-2-5)12(20)21/h1-4H,14H2,(H,20,21)(H2,13,16,19). The summed E-state index contributed by atoms with van der Waals surface area (Å²) in [5, 5.41) is 19.7. The van der Waals surface area contributed by atoms with Crippen LogP contribution in [-0.2, 0) is 0 Å². The van der Waals surface area contributed by atoms with Crippen LogP contribution in [0, 0.1) is 0 Å². The van der Waals surface area contributed by atoms with Crippen molar-refractivity contribution < 1.29 is 14.5 Å². The molecule has 22 heavy (non-hydrogen) atoms. The summed E-state index contributed by atoms with van der Waals surface area (Å²) in [5.74, 6) is 4.43. The van der Waals surface area contributed by atoms with Crippen LogP contribution in [0.3, 0.4) is 0 Å². The smallest absolute Gasteiger partial charge is 0.335 e. The van der Waals surface area contributed by atoms with E-state index < -0.39 is 5.97 Å². The summed E-state index contributed by atoms with van der Waals surface area (Å²) in [7, 11) is 0. The highest BCUT2D eigenvalue weighted by Crippen LogP contribution is 2.17. The van der Waals surface area contributed by atoms with Crippen molar-refractivity contribution in [3.63, 3.8) is 0 Å². The van der Waals surface area contributed by atoms with Gasteiger partial charge in [0.15, 0.2) is 5.82 Å². The lowest BCUT2D eigenvalue weighted by molar-refractivity contribution is 0.0697. The summed E-state index contributed by atoms with van der Waals surface area (Å²) in [4.78, 5) is 19.0. The molecule has 0 aliphatic carbocycles. The molecule has 0 aliphatic heterocycles. The van der Waals surface area contributed by atoms with Crippen molar-refractivity contribution in [1.82, 2.24) is 20.3 Å². The Morgan fingerprint density at radius 1 is 1.09 bits per heavy atom. The van der Waals surface area contributed by atoms with Gasteiger partial charge in [0.2, 0.25) is 11.3 Å². The molecule has 2 aromatic heterocycles. The van der Waals surface area contributed by atoms with Crippen LogP contribution in [0.25, 0.3) is 11.3 Å². The molecule has 3 aromatic rings. The van der Waals surface area contributed by atoms with E-state index in [1.165, 1.54) is 12.1 Å². The first-order chi connectivity index (χ1) is 10.6. The molecule has 0 fully saturated rings. The van der Waals surface area contributed by atoms with Crippen LogP contribution in [0.4, 0.5) is 5.82 Å². The Morgan fingerprint density at radius 3 is 2.27 bits per heavy atom. The summed E-state index contributed by atoms with van der Waals surface area (Å²) >= 11 is 0. The number of carboxylic acid groups (broad SMARTS) is 1. The highest BCUT2D eigenvalue weighted by Gasteiger charge is 2.17. The number of rotatable bonds is 3. The quantitative estimate of drug-likeness (QED) is 0.342. The van der Waals surface area contributed by atoms with Gasteiger partial charge in [-0.2, -0.15) is 5.10 Å². The maximum absolute atomic E-state index is 10.9. The first kappa shape index (κ1) is 13.4.